The lowest BCUT2D eigenvalue weighted by Crippen LogP contribution is -2.46. The summed E-state index contributed by atoms with van der Waals surface area (Å²) in [5, 5.41) is 0. The fraction of sp³-hybridized carbons (Fsp3) is 1.00. The number of nitrogens with zero attached hydrogens (tertiary/aromatic N) is 1. The van der Waals surface area contributed by atoms with Gasteiger partial charge >= 0.3 is 0 Å². The molecule has 4 heteroatoms. The van der Waals surface area contributed by atoms with Gasteiger partial charge in [0.25, 0.3) is 0 Å². The zero-order valence-electron chi connectivity index (χ0n) is 9.24. The number of thioether (sulfide) groups is 1. The molecule has 0 aromatic carbocycles. The summed E-state index contributed by atoms with van der Waals surface area (Å²) in [6, 6.07) is 0.440. The van der Waals surface area contributed by atoms with Crippen LogP contribution in [0.5, 0.6) is 0 Å². The van der Waals surface area contributed by atoms with Crippen LogP contribution in [0.3, 0.4) is 0 Å². The van der Waals surface area contributed by atoms with E-state index in [0.29, 0.717) is 12.0 Å². The molecule has 86 valence electrons. The zero-order chi connectivity index (χ0) is 9.68. The molecule has 0 aromatic rings. The Kier molecular flexibility index (Phi) is 8.11. The molecule has 1 heterocycles. The lowest BCUT2D eigenvalue weighted by molar-refractivity contribution is 0.173. The van der Waals surface area contributed by atoms with Crippen LogP contribution in [0, 0.1) is 5.92 Å². The normalized spacial score (nSPS) is 28.5. The van der Waals surface area contributed by atoms with Gasteiger partial charge in [-0.05, 0) is 24.6 Å². The monoisotopic (exact) mass is 238 g/mol. The van der Waals surface area contributed by atoms with Crippen LogP contribution in [0.25, 0.3) is 0 Å². The fourth-order valence-electron chi connectivity index (χ4n) is 1.79. The predicted molar refractivity (Wildman–Crippen MR) is 68.4 cm³/mol. The molecule has 14 heavy (non-hydrogen) atoms. The fourth-order valence-corrected chi connectivity index (χ4v) is 2.47. The standard InChI is InChI=1S/C10H22N2S.ClH/c1-3-13-7-6-12-5-4-10(11)9(2)8-12;/h9-10H,3-8,11H2,1-2H3;1H. The second kappa shape index (κ2) is 7.80. The van der Waals surface area contributed by atoms with E-state index in [1.54, 1.807) is 0 Å². The molecule has 0 radical (unpaired) electrons. The van der Waals surface area contributed by atoms with Crippen molar-refractivity contribution in [3.05, 3.63) is 0 Å². The van der Waals surface area contributed by atoms with Crippen LogP contribution in [0.1, 0.15) is 20.3 Å². The minimum Gasteiger partial charge on any atom is -0.327 e. The maximum absolute atomic E-state index is 5.96. The maximum atomic E-state index is 5.96. The van der Waals surface area contributed by atoms with E-state index in [4.69, 9.17) is 5.73 Å². The van der Waals surface area contributed by atoms with Gasteiger partial charge < -0.3 is 10.6 Å². The van der Waals surface area contributed by atoms with Gasteiger partial charge in [0.05, 0.1) is 0 Å². The van der Waals surface area contributed by atoms with E-state index in [1.807, 2.05) is 11.8 Å². The maximum Gasteiger partial charge on any atom is 0.00889 e. The van der Waals surface area contributed by atoms with Crippen LogP contribution in [-0.2, 0) is 0 Å². The highest BCUT2D eigenvalue weighted by molar-refractivity contribution is 7.99. The van der Waals surface area contributed by atoms with Gasteiger partial charge in [0.1, 0.15) is 0 Å². The van der Waals surface area contributed by atoms with Crippen LogP contribution < -0.4 is 5.73 Å². The third-order valence-electron chi connectivity index (χ3n) is 2.81. The van der Waals surface area contributed by atoms with Gasteiger partial charge in [0.2, 0.25) is 0 Å². The molecule has 1 aliphatic heterocycles. The van der Waals surface area contributed by atoms with Gasteiger partial charge in [0, 0.05) is 24.9 Å². The lowest BCUT2D eigenvalue weighted by atomic mass is 9.95. The van der Waals surface area contributed by atoms with E-state index in [0.717, 1.165) is 0 Å². The number of piperidine rings is 1. The smallest absolute Gasteiger partial charge is 0.00889 e. The Labute approximate surface area is 98.4 Å². The molecule has 2 atom stereocenters. The number of hydrogen-bond donors (Lipinski definition) is 1. The Morgan fingerprint density at radius 2 is 2.21 bits per heavy atom. The molecule has 1 rings (SSSR count). The van der Waals surface area contributed by atoms with Gasteiger partial charge in [-0.15, -0.1) is 12.4 Å². The van der Waals surface area contributed by atoms with Gasteiger partial charge in [-0.1, -0.05) is 13.8 Å². The minimum atomic E-state index is 0. The highest BCUT2D eigenvalue weighted by atomic mass is 35.5. The number of halogens is 1. The van der Waals surface area contributed by atoms with Crippen molar-refractivity contribution in [2.75, 3.05) is 31.1 Å². The molecule has 1 aliphatic rings. The average Bonchev–Trinajstić information content (AvgIpc) is 2.12. The number of likely N-dealkylation sites (tertiary alicyclic amines) is 1. The first-order chi connectivity index (χ1) is 6.24. The van der Waals surface area contributed by atoms with Crippen molar-refractivity contribution in [1.29, 1.82) is 0 Å². The molecule has 0 amide bonds. The number of nitrogens with two attached hydrogens (primary N) is 1. The lowest BCUT2D eigenvalue weighted by Gasteiger charge is -2.34. The van der Waals surface area contributed by atoms with Crippen LogP contribution in [0.2, 0.25) is 0 Å². The van der Waals surface area contributed by atoms with Gasteiger partial charge in [-0.2, -0.15) is 11.8 Å². The second-order valence-electron chi connectivity index (χ2n) is 3.93. The predicted octanol–water partition coefficient (Wildman–Crippen LogP) is 1.83. The molecule has 2 nitrogen and oxygen atoms in total. The van der Waals surface area contributed by atoms with Gasteiger partial charge in [-0.3, -0.25) is 0 Å². The van der Waals surface area contributed by atoms with E-state index in [-0.39, 0.29) is 12.4 Å². The number of hydrogen-bond acceptors (Lipinski definition) is 3. The summed E-state index contributed by atoms with van der Waals surface area (Å²) in [4.78, 5) is 2.55. The Bertz CT molecular complexity index is 146. The second-order valence-corrected chi connectivity index (χ2v) is 5.32. The Morgan fingerprint density at radius 3 is 2.79 bits per heavy atom. The summed E-state index contributed by atoms with van der Waals surface area (Å²) in [6.45, 7) is 8.14. The first kappa shape index (κ1) is 14.6. The highest BCUT2D eigenvalue weighted by Gasteiger charge is 2.22. The summed E-state index contributed by atoms with van der Waals surface area (Å²) in [5.74, 6) is 3.20. The molecular formula is C10H23ClN2S. The van der Waals surface area contributed by atoms with Crippen LogP contribution in [0.4, 0.5) is 0 Å². The third kappa shape index (κ3) is 4.87. The first-order valence-corrected chi connectivity index (χ1v) is 6.45. The highest BCUT2D eigenvalue weighted by Crippen LogP contribution is 2.15. The van der Waals surface area contributed by atoms with Gasteiger partial charge in [0.15, 0.2) is 0 Å². The molecule has 0 aliphatic carbocycles. The largest absolute Gasteiger partial charge is 0.327 e. The van der Waals surface area contributed by atoms with Crippen molar-refractivity contribution in [2.24, 2.45) is 11.7 Å². The van der Waals surface area contributed by atoms with Crippen LogP contribution >= 0.6 is 24.2 Å². The Morgan fingerprint density at radius 1 is 1.50 bits per heavy atom. The summed E-state index contributed by atoms with van der Waals surface area (Å²) in [5.41, 5.74) is 5.96. The molecule has 1 fully saturated rings. The summed E-state index contributed by atoms with van der Waals surface area (Å²) in [6.07, 6.45) is 1.18. The number of rotatable bonds is 4. The summed E-state index contributed by atoms with van der Waals surface area (Å²) in [7, 11) is 0. The van der Waals surface area contributed by atoms with Crippen molar-refractivity contribution < 1.29 is 0 Å². The topological polar surface area (TPSA) is 29.3 Å². The van der Waals surface area contributed by atoms with Gasteiger partial charge in [-0.25, -0.2) is 0 Å². The van der Waals surface area contributed by atoms with Crippen LogP contribution in [-0.4, -0.2) is 42.1 Å². The van der Waals surface area contributed by atoms with Crippen molar-refractivity contribution >= 4 is 24.2 Å². The molecule has 0 aromatic heterocycles. The molecule has 0 spiro atoms. The third-order valence-corrected chi connectivity index (χ3v) is 3.69. The zero-order valence-corrected chi connectivity index (χ0v) is 10.9. The Hall–Kier alpha value is 0.560. The minimum absolute atomic E-state index is 0. The molecule has 2 N–H and O–H groups in total. The van der Waals surface area contributed by atoms with E-state index in [2.05, 4.69) is 18.7 Å². The van der Waals surface area contributed by atoms with E-state index in [9.17, 15) is 0 Å². The molecule has 2 unspecified atom stereocenters. The summed E-state index contributed by atoms with van der Waals surface area (Å²) >= 11 is 2.03. The van der Waals surface area contributed by atoms with Crippen LogP contribution in [0.15, 0.2) is 0 Å². The summed E-state index contributed by atoms with van der Waals surface area (Å²) < 4.78 is 0. The van der Waals surface area contributed by atoms with Crippen molar-refractivity contribution in [1.82, 2.24) is 4.90 Å². The van der Waals surface area contributed by atoms with Crippen molar-refractivity contribution in [3.8, 4) is 0 Å². The Balaban J connectivity index is 0.00000169. The average molecular weight is 239 g/mol. The van der Waals surface area contributed by atoms with Crippen molar-refractivity contribution in [3.63, 3.8) is 0 Å². The quantitative estimate of drug-likeness (QED) is 0.758. The molecule has 1 saturated heterocycles. The molecular weight excluding hydrogens is 216 g/mol. The van der Waals surface area contributed by atoms with E-state index < -0.39 is 0 Å². The van der Waals surface area contributed by atoms with E-state index in [1.165, 1.54) is 37.6 Å². The first-order valence-electron chi connectivity index (χ1n) is 5.29. The van der Waals surface area contributed by atoms with E-state index >= 15 is 0 Å². The molecule has 0 bridgehead atoms. The molecule has 0 saturated carbocycles. The van der Waals surface area contributed by atoms with Crippen molar-refractivity contribution in [2.45, 2.75) is 26.3 Å². The SMILES string of the molecule is CCSCCN1CCC(N)C(C)C1.Cl.